The molecule has 0 amide bonds. The summed E-state index contributed by atoms with van der Waals surface area (Å²) in [5.41, 5.74) is 4.90. The lowest BCUT2D eigenvalue weighted by molar-refractivity contribution is -0.105. The summed E-state index contributed by atoms with van der Waals surface area (Å²) in [7, 11) is 0. The van der Waals surface area contributed by atoms with Crippen molar-refractivity contribution >= 4 is 25.1 Å². The van der Waals surface area contributed by atoms with Gasteiger partial charge in [-0.15, -0.1) is 0 Å². The molecule has 0 spiro atoms. The molecule has 0 aliphatic carbocycles. The molecular formula is C30H36O4. The molecule has 0 aromatic heterocycles. The predicted octanol–water partition coefficient (Wildman–Crippen LogP) is 6.67. The second-order valence-corrected chi connectivity index (χ2v) is 7.42. The first-order valence-corrected chi connectivity index (χ1v) is 10.7. The van der Waals surface area contributed by atoms with E-state index in [0.717, 1.165) is 36.3 Å². The van der Waals surface area contributed by atoms with Crippen LogP contribution in [0.15, 0.2) is 119 Å². The highest BCUT2D eigenvalue weighted by Gasteiger charge is 1.82. The van der Waals surface area contributed by atoms with Crippen LogP contribution in [0.25, 0.3) is 0 Å². The molecule has 0 heterocycles. The molecule has 0 aliphatic heterocycles. The van der Waals surface area contributed by atoms with Crippen LogP contribution < -0.4 is 0 Å². The van der Waals surface area contributed by atoms with Crippen molar-refractivity contribution in [3.63, 3.8) is 0 Å². The molecule has 4 heteroatoms. The van der Waals surface area contributed by atoms with Crippen LogP contribution in [0.4, 0.5) is 0 Å². The molecule has 0 saturated carbocycles. The first-order chi connectivity index (χ1) is 16.2. The summed E-state index contributed by atoms with van der Waals surface area (Å²) >= 11 is 0. The van der Waals surface area contributed by atoms with Gasteiger partial charge in [0.15, 0.2) is 0 Å². The Morgan fingerprint density at radius 1 is 0.324 bits per heavy atom. The first kappa shape index (κ1) is 32.3. The smallest absolute Gasteiger partial charge is 0.145 e. The standard InChI is InChI=1S/C20H24O2.C10H12O2/c1-17(11-7-13-19(3)15-21)9-5-6-10-18(2)12-8-14-20(4)16-22;1-9(7-11)5-3-4-6-10(2)8-12/h5-16H,1-4H3;3-8H,1-2H3/b6-5+,11-7+,12-8+,17-9+,18-10+,19-13+,20-14+;4-3+,9-5+,10-6+. The predicted molar refractivity (Wildman–Crippen MR) is 143 cm³/mol. The minimum Gasteiger partial charge on any atom is -0.298 e. The van der Waals surface area contributed by atoms with E-state index < -0.39 is 0 Å². The Kier molecular flexibility index (Phi) is 21.1. The van der Waals surface area contributed by atoms with Crippen molar-refractivity contribution in [3.05, 3.63) is 119 Å². The molecule has 34 heavy (non-hydrogen) atoms. The van der Waals surface area contributed by atoms with E-state index >= 15 is 0 Å². The lowest BCUT2D eigenvalue weighted by Gasteiger charge is -1.89. The molecule has 0 aromatic rings. The van der Waals surface area contributed by atoms with E-state index in [1.54, 1.807) is 64.2 Å². The van der Waals surface area contributed by atoms with Gasteiger partial charge in [-0.3, -0.25) is 19.2 Å². The molecule has 4 nitrogen and oxygen atoms in total. The van der Waals surface area contributed by atoms with Gasteiger partial charge in [0.05, 0.1) is 0 Å². The lowest BCUT2D eigenvalue weighted by atomic mass is 10.2. The maximum Gasteiger partial charge on any atom is 0.145 e. The topological polar surface area (TPSA) is 68.3 Å². The fourth-order valence-electron chi connectivity index (χ4n) is 1.80. The highest BCUT2D eigenvalue weighted by molar-refractivity contribution is 5.74. The van der Waals surface area contributed by atoms with Crippen LogP contribution in [0.2, 0.25) is 0 Å². The lowest BCUT2D eigenvalue weighted by Crippen LogP contribution is -1.73. The SMILES string of the molecule is C\C(C=O)=C/C=C/C(C)=C/C=C/C=C(C)/C=C/C=C(\C)C=O.C\C(C=O)=C/C=C/C=C(\C)C=O. The van der Waals surface area contributed by atoms with Crippen molar-refractivity contribution < 1.29 is 19.2 Å². The van der Waals surface area contributed by atoms with Gasteiger partial charge < -0.3 is 0 Å². The number of hydrogen-bond donors (Lipinski definition) is 0. The molecule has 0 aromatic carbocycles. The molecule has 0 fully saturated rings. The van der Waals surface area contributed by atoms with E-state index in [-0.39, 0.29) is 0 Å². The third-order valence-electron chi connectivity index (χ3n) is 3.84. The third kappa shape index (κ3) is 22.8. The van der Waals surface area contributed by atoms with Gasteiger partial charge in [-0.25, -0.2) is 0 Å². The van der Waals surface area contributed by atoms with E-state index in [9.17, 15) is 19.2 Å². The Hall–Kier alpha value is -3.92. The molecular weight excluding hydrogens is 424 g/mol. The largest absolute Gasteiger partial charge is 0.298 e. The number of hydrogen-bond acceptors (Lipinski definition) is 4. The van der Waals surface area contributed by atoms with Crippen LogP contribution in [-0.2, 0) is 19.2 Å². The zero-order valence-corrected chi connectivity index (χ0v) is 21.0. The summed E-state index contributed by atoms with van der Waals surface area (Å²) in [6.07, 6.45) is 29.1. The molecule has 0 rings (SSSR count). The van der Waals surface area contributed by atoms with Crippen molar-refractivity contribution in [2.24, 2.45) is 0 Å². The van der Waals surface area contributed by atoms with Crippen molar-refractivity contribution in [1.82, 2.24) is 0 Å². The second-order valence-electron chi connectivity index (χ2n) is 7.42. The van der Waals surface area contributed by atoms with E-state index in [0.29, 0.717) is 22.3 Å². The monoisotopic (exact) mass is 460 g/mol. The number of carbonyl (C=O) groups is 4. The van der Waals surface area contributed by atoms with Crippen molar-refractivity contribution in [2.75, 3.05) is 0 Å². The van der Waals surface area contributed by atoms with Crippen LogP contribution in [0.1, 0.15) is 41.5 Å². The first-order valence-electron chi connectivity index (χ1n) is 10.7. The summed E-state index contributed by atoms with van der Waals surface area (Å²) in [5, 5.41) is 0. The fraction of sp³-hybridized carbons (Fsp3) is 0.200. The minimum atomic E-state index is 0.656. The number of rotatable bonds is 12. The summed E-state index contributed by atoms with van der Waals surface area (Å²) in [5.74, 6) is 0. The molecule has 180 valence electrons. The molecule has 0 radical (unpaired) electrons. The van der Waals surface area contributed by atoms with Gasteiger partial charge in [0.2, 0.25) is 0 Å². The molecule has 0 N–H and O–H groups in total. The van der Waals surface area contributed by atoms with Gasteiger partial charge in [-0.1, -0.05) is 96.2 Å². The van der Waals surface area contributed by atoms with Crippen LogP contribution in [0.5, 0.6) is 0 Å². The summed E-state index contributed by atoms with van der Waals surface area (Å²) < 4.78 is 0. The van der Waals surface area contributed by atoms with Crippen LogP contribution in [0, 0.1) is 0 Å². The van der Waals surface area contributed by atoms with E-state index in [1.165, 1.54) is 0 Å². The maximum absolute atomic E-state index is 10.4. The van der Waals surface area contributed by atoms with Crippen molar-refractivity contribution in [1.29, 1.82) is 0 Å². The quantitative estimate of drug-likeness (QED) is 0.185. The van der Waals surface area contributed by atoms with Gasteiger partial charge >= 0.3 is 0 Å². The average molecular weight is 461 g/mol. The van der Waals surface area contributed by atoms with Gasteiger partial charge in [0, 0.05) is 0 Å². The Morgan fingerprint density at radius 2 is 0.529 bits per heavy atom. The molecule has 0 aliphatic rings. The summed E-state index contributed by atoms with van der Waals surface area (Å²) in [4.78, 5) is 41.1. The van der Waals surface area contributed by atoms with Gasteiger partial charge in [0.25, 0.3) is 0 Å². The molecule has 0 saturated heterocycles. The normalized spacial score (nSPS) is 14.6. The number of carbonyl (C=O) groups excluding carboxylic acids is 4. The molecule has 0 bridgehead atoms. The Morgan fingerprint density at radius 3 is 0.765 bits per heavy atom. The Labute approximate surface area is 204 Å². The maximum atomic E-state index is 10.4. The molecule has 0 unspecified atom stereocenters. The van der Waals surface area contributed by atoms with E-state index in [2.05, 4.69) is 0 Å². The van der Waals surface area contributed by atoms with Gasteiger partial charge in [-0.05, 0) is 63.8 Å². The summed E-state index contributed by atoms with van der Waals surface area (Å²) in [6, 6.07) is 0. The van der Waals surface area contributed by atoms with Crippen LogP contribution in [0.3, 0.4) is 0 Å². The number of aldehydes is 4. The zero-order chi connectivity index (χ0) is 26.2. The van der Waals surface area contributed by atoms with Crippen LogP contribution >= 0.6 is 0 Å². The van der Waals surface area contributed by atoms with E-state index in [1.807, 2.05) is 62.5 Å². The second kappa shape index (κ2) is 22.3. The molecule has 0 atom stereocenters. The van der Waals surface area contributed by atoms with Crippen LogP contribution in [-0.4, -0.2) is 25.1 Å². The highest BCUT2D eigenvalue weighted by atomic mass is 16.1. The van der Waals surface area contributed by atoms with Gasteiger partial charge in [-0.2, -0.15) is 0 Å². The fourth-order valence-corrected chi connectivity index (χ4v) is 1.80. The Balaban J connectivity index is 0. The third-order valence-corrected chi connectivity index (χ3v) is 3.84. The van der Waals surface area contributed by atoms with E-state index in [4.69, 9.17) is 0 Å². The Bertz CT molecular complexity index is 891. The summed E-state index contributed by atoms with van der Waals surface area (Å²) in [6.45, 7) is 11.0. The van der Waals surface area contributed by atoms with Crippen molar-refractivity contribution in [2.45, 2.75) is 41.5 Å². The van der Waals surface area contributed by atoms with Crippen molar-refractivity contribution in [3.8, 4) is 0 Å². The van der Waals surface area contributed by atoms with Gasteiger partial charge in [0.1, 0.15) is 25.1 Å². The average Bonchev–Trinajstić information content (AvgIpc) is 2.84. The highest BCUT2D eigenvalue weighted by Crippen LogP contribution is 2.00. The zero-order valence-electron chi connectivity index (χ0n) is 21.0. The minimum absolute atomic E-state index is 0.656. The number of allylic oxidation sites excluding steroid dienone is 20.